The average molecular weight is 523 g/mol. The van der Waals surface area contributed by atoms with Crippen LogP contribution in [0.3, 0.4) is 0 Å². The van der Waals surface area contributed by atoms with E-state index in [0.29, 0.717) is 31.9 Å². The van der Waals surface area contributed by atoms with E-state index in [1.807, 2.05) is 16.9 Å². The van der Waals surface area contributed by atoms with Crippen LogP contribution in [0.1, 0.15) is 12.1 Å². The number of hydrogen-bond donors (Lipinski definition) is 1. The number of aromatic nitrogens is 3. The van der Waals surface area contributed by atoms with E-state index >= 15 is 0 Å². The fraction of sp³-hybridized carbons (Fsp3) is 0.562. The van der Waals surface area contributed by atoms with Gasteiger partial charge in [0.2, 0.25) is 10.0 Å². The van der Waals surface area contributed by atoms with E-state index < -0.39 is 10.0 Å². The molecule has 1 fully saturated rings. The molecular formula is C16H26IN7O3S. The van der Waals surface area contributed by atoms with Gasteiger partial charge in [0.1, 0.15) is 12.0 Å². The van der Waals surface area contributed by atoms with Gasteiger partial charge in [-0.3, -0.25) is 9.67 Å². The molecule has 0 radical (unpaired) electrons. The zero-order valence-electron chi connectivity index (χ0n) is 15.8. The number of piperazine rings is 1. The normalized spacial score (nSPS) is 16.0. The Morgan fingerprint density at radius 1 is 1.32 bits per heavy atom. The van der Waals surface area contributed by atoms with Crippen molar-refractivity contribution >= 4 is 40.0 Å². The molecule has 1 saturated heterocycles. The summed E-state index contributed by atoms with van der Waals surface area (Å²) in [6, 6.07) is 3.48. The van der Waals surface area contributed by atoms with E-state index in [0.717, 1.165) is 25.5 Å². The summed E-state index contributed by atoms with van der Waals surface area (Å²) in [5, 5.41) is 11.2. The molecule has 0 atom stereocenters. The van der Waals surface area contributed by atoms with Crippen LogP contribution in [0, 0.1) is 0 Å². The number of guanidine groups is 1. The molecule has 1 N–H and O–H groups in total. The third kappa shape index (κ3) is 6.17. The molecule has 0 unspecified atom stereocenters. The predicted octanol–water partition coefficient (Wildman–Crippen LogP) is 0.602. The Balaban J connectivity index is 0.00000280. The molecule has 0 aliphatic carbocycles. The molecule has 0 bridgehead atoms. The molecule has 2 aromatic heterocycles. The van der Waals surface area contributed by atoms with Gasteiger partial charge >= 0.3 is 0 Å². The SMILES string of the molecule is CN=C(NCCCn1cccn1)N1CCN(S(=O)(=O)Cc2ccon2)CC1.I. The largest absolute Gasteiger partial charge is 0.364 e. The minimum Gasteiger partial charge on any atom is -0.364 e. The van der Waals surface area contributed by atoms with E-state index in [4.69, 9.17) is 4.52 Å². The van der Waals surface area contributed by atoms with Gasteiger partial charge in [0.25, 0.3) is 0 Å². The van der Waals surface area contributed by atoms with Gasteiger partial charge in [-0.05, 0) is 12.5 Å². The van der Waals surface area contributed by atoms with Crippen molar-refractivity contribution < 1.29 is 12.9 Å². The van der Waals surface area contributed by atoms with E-state index in [2.05, 4.69) is 25.5 Å². The van der Waals surface area contributed by atoms with Gasteiger partial charge in [0.05, 0.1) is 5.69 Å². The van der Waals surface area contributed by atoms with E-state index in [1.54, 1.807) is 19.3 Å². The maximum Gasteiger partial charge on any atom is 0.220 e. The molecule has 3 rings (SSSR count). The Morgan fingerprint density at radius 2 is 2.11 bits per heavy atom. The van der Waals surface area contributed by atoms with Crippen LogP contribution in [0.5, 0.6) is 0 Å². The lowest BCUT2D eigenvalue weighted by molar-refractivity contribution is 0.259. The summed E-state index contributed by atoms with van der Waals surface area (Å²) in [4.78, 5) is 6.39. The second kappa shape index (κ2) is 10.8. The summed E-state index contributed by atoms with van der Waals surface area (Å²) in [7, 11) is -1.65. The average Bonchev–Trinajstić information content (AvgIpc) is 3.36. The lowest BCUT2D eigenvalue weighted by atomic mass is 10.3. The number of hydrogen-bond acceptors (Lipinski definition) is 6. The van der Waals surface area contributed by atoms with Crippen molar-refractivity contribution in [3.05, 3.63) is 36.5 Å². The standard InChI is InChI=1S/C16H25N7O3S.HI/c1-17-16(18-5-2-7-22-8-3-6-19-22)21-9-11-23(12-10-21)27(24,25)14-15-4-13-26-20-15;/h3-4,6,8,13H,2,5,7,9-12,14H2,1H3,(H,17,18);1H. The third-order valence-electron chi connectivity index (χ3n) is 4.37. The molecule has 12 heteroatoms. The molecule has 0 amide bonds. The molecule has 0 aromatic carbocycles. The Kier molecular flexibility index (Phi) is 8.69. The van der Waals surface area contributed by atoms with E-state index in [-0.39, 0.29) is 29.7 Å². The first-order valence-corrected chi connectivity index (χ1v) is 10.5. The molecule has 1 aliphatic heterocycles. The summed E-state index contributed by atoms with van der Waals surface area (Å²) < 4.78 is 33.1. The van der Waals surface area contributed by atoms with Crippen molar-refractivity contribution in [1.82, 2.24) is 29.5 Å². The second-order valence-corrected chi connectivity index (χ2v) is 8.20. The number of sulfonamides is 1. The summed E-state index contributed by atoms with van der Waals surface area (Å²) in [6.45, 7) is 3.65. The third-order valence-corrected chi connectivity index (χ3v) is 6.18. The molecule has 10 nitrogen and oxygen atoms in total. The molecule has 28 heavy (non-hydrogen) atoms. The zero-order chi connectivity index (χ0) is 19.1. The van der Waals surface area contributed by atoms with Crippen LogP contribution < -0.4 is 5.32 Å². The Labute approximate surface area is 182 Å². The summed E-state index contributed by atoms with van der Waals surface area (Å²) in [5.74, 6) is 0.660. The van der Waals surface area contributed by atoms with Crippen molar-refractivity contribution in [2.75, 3.05) is 39.8 Å². The number of nitrogens with one attached hydrogen (secondary N) is 1. The number of nitrogens with zero attached hydrogens (tertiary/aromatic N) is 6. The molecule has 156 valence electrons. The lowest BCUT2D eigenvalue weighted by Gasteiger charge is -2.35. The van der Waals surface area contributed by atoms with Crippen LogP contribution in [0.25, 0.3) is 0 Å². The van der Waals surface area contributed by atoms with Crippen molar-refractivity contribution in [3.63, 3.8) is 0 Å². The van der Waals surface area contributed by atoms with Crippen molar-refractivity contribution in [1.29, 1.82) is 0 Å². The maximum atomic E-state index is 12.5. The number of rotatable bonds is 7. The molecule has 0 spiro atoms. The first-order chi connectivity index (χ1) is 13.1. The Bertz CT molecular complexity index is 817. The highest BCUT2D eigenvalue weighted by Crippen LogP contribution is 2.12. The monoisotopic (exact) mass is 523 g/mol. The highest BCUT2D eigenvalue weighted by atomic mass is 127. The predicted molar refractivity (Wildman–Crippen MR) is 116 cm³/mol. The first-order valence-electron chi connectivity index (χ1n) is 8.88. The number of aryl methyl sites for hydroxylation is 1. The van der Waals surface area contributed by atoms with Crippen LogP contribution in [0.2, 0.25) is 0 Å². The van der Waals surface area contributed by atoms with E-state index in [9.17, 15) is 8.42 Å². The van der Waals surface area contributed by atoms with Crippen LogP contribution in [0.4, 0.5) is 0 Å². The van der Waals surface area contributed by atoms with Crippen molar-refractivity contribution in [3.8, 4) is 0 Å². The quantitative estimate of drug-likeness (QED) is 0.245. The van der Waals surface area contributed by atoms with Gasteiger partial charge in [-0.15, -0.1) is 24.0 Å². The number of aliphatic imine (C=N–C) groups is 1. The van der Waals surface area contributed by atoms with Crippen LogP contribution >= 0.6 is 24.0 Å². The van der Waals surface area contributed by atoms with Gasteiger partial charge in [-0.1, -0.05) is 5.16 Å². The maximum absolute atomic E-state index is 12.5. The van der Waals surface area contributed by atoms with Crippen molar-refractivity contribution in [2.24, 2.45) is 4.99 Å². The number of halogens is 1. The summed E-state index contributed by atoms with van der Waals surface area (Å²) >= 11 is 0. The lowest BCUT2D eigenvalue weighted by Crippen LogP contribution is -2.54. The molecule has 1 aliphatic rings. The van der Waals surface area contributed by atoms with Crippen LogP contribution in [0.15, 0.2) is 40.3 Å². The topological polar surface area (TPSA) is 109 Å². The van der Waals surface area contributed by atoms with Crippen LogP contribution in [-0.2, 0) is 22.3 Å². The minimum absolute atomic E-state index is 0. The first kappa shape index (κ1) is 22.6. The fourth-order valence-corrected chi connectivity index (χ4v) is 4.40. The van der Waals surface area contributed by atoms with Gasteiger partial charge in [-0.25, -0.2) is 8.42 Å². The summed E-state index contributed by atoms with van der Waals surface area (Å²) in [6.07, 6.45) is 6.01. The van der Waals surface area contributed by atoms with Crippen molar-refractivity contribution in [2.45, 2.75) is 18.7 Å². The zero-order valence-corrected chi connectivity index (χ0v) is 18.9. The van der Waals surface area contributed by atoms with Crippen LogP contribution in [-0.4, -0.2) is 78.3 Å². The highest BCUT2D eigenvalue weighted by molar-refractivity contribution is 14.0. The molecule has 2 aromatic rings. The Morgan fingerprint density at radius 3 is 2.71 bits per heavy atom. The van der Waals surface area contributed by atoms with Gasteiger partial charge in [-0.2, -0.15) is 9.40 Å². The molecule has 3 heterocycles. The van der Waals surface area contributed by atoms with Gasteiger partial charge < -0.3 is 14.7 Å². The van der Waals surface area contributed by atoms with E-state index in [1.165, 1.54) is 10.6 Å². The van der Waals surface area contributed by atoms with Gasteiger partial charge in [0.15, 0.2) is 5.96 Å². The highest BCUT2D eigenvalue weighted by Gasteiger charge is 2.28. The summed E-state index contributed by atoms with van der Waals surface area (Å²) in [5.41, 5.74) is 0.423. The van der Waals surface area contributed by atoms with Gasteiger partial charge in [0, 0.05) is 64.8 Å². The molecule has 0 saturated carbocycles. The smallest absolute Gasteiger partial charge is 0.220 e. The Hall–Kier alpha value is -1.67. The molecular weight excluding hydrogens is 497 g/mol. The second-order valence-electron chi connectivity index (χ2n) is 6.23. The minimum atomic E-state index is -3.39. The fourth-order valence-electron chi connectivity index (χ4n) is 2.97.